The number of hydrogen-bond donors (Lipinski definition) is 0. The van der Waals surface area contributed by atoms with Gasteiger partial charge in [0.2, 0.25) is 0 Å². The van der Waals surface area contributed by atoms with Gasteiger partial charge < -0.3 is 0 Å². The average Bonchev–Trinajstić information content (AvgIpc) is 2.29. The van der Waals surface area contributed by atoms with Crippen molar-refractivity contribution in [2.24, 2.45) is 5.92 Å². The smallest absolute Gasteiger partial charge is 0.0215 e. The van der Waals surface area contributed by atoms with E-state index in [-0.39, 0.29) is 0 Å². The first-order chi connectivity index (χ1) is 7.71. The zero-order valence-electron chi connectivity index (χ0n) is 11.1. The molecule has 0 heteroatoms. The second kappa shape index (κ2) is 6.52. The minimum atomic E-state index is 0.641. The van der Waals surface area contributed by atoms with Gasteiger partial charge in [-0.05, 0) is 48.8 Å². The third-order valence-electron chi connectivity index (χ3n) is 3.12. The summed E-state index contributed by atoms with van der Waals surface area (Å²) in [6, 6.07) is 6.96. The van der Waals surface area contributed by atoms with Crippen LogP contribution in [0.25, 0.3) is 0 Å². The van der Waals surface area contributed by atoms with Gasteiger partial charge in [-0.2, -0.15) is 0 Å². The van der Waals surface area contributed by atoms with E-state index in [1.54, 1.807) is 0 Å². The van der Waals surface area contributed by atoms with Crippen molar-refractivity contribution in [1.82, 2.24) is 0 Å². The maximum atomic E-state index is 2.39. The Morgan fingerprint density at radius 2 is 1.88 bits per heavy atom. The van der Waals surface area contributed by atoms with Gasteiger partial charge in [-0.3, -0.25) is 0 Å². The zero-order chi connectivity index (χ0) is 12.0. The van der Waals surface area contributed by atoms with Crippen LogP contribution in [0.15, 0.2) is 30.4 Å². The van der Waals surface area contributed by atoms with E-state index in [0.29, 0.717) is 5.92 Å². The lowest BCUT2D eigenvalue weighted by Crippen LogP contribution is -2.01. The molecule has 1 atom stereocenters. The molecule has 0 N–H and O–H groups in total. The quantitative estimate of drug-likeness (QED) is 0.633. The van der Waals surface area contributed by atoms with E-state index in [4.69, 9.17) is 0 Å². The van der Waals surface area contributed by atoms with Crippen LogP contribution in [0.4, 0.5) is 0 Å². The molecule has 0 aliphatic rings. The fraction of sp³-hybridized carbons (Fsp3) is 0.500. The molecule has 1 rings (SSSR count). The predicted molar refractivity (Wildman–Crippen MR) is 72.9 cm³/mol. The van der Waals surface area contributed by atoms with Crippen LogP contribution in [0.2, 0.25) is 0 Å². The maximum absolute atomic E-state index is 2.39. The lowest BCUT2D eigenvalue weighted by molar-refractivity contribution is 0.715. The molecule has 0 amide bonds. The average molecular weight is 216 g/mol. The molecule has 0 saturated heterocycles. The first-order valence-electron chi connectivity index (χ1n) is 6.44. The van der Waals surface area contributed by atoms with Crippen molar-refractivity contribution in [1.29, 1.82) is 0 Å². The van der Waals surface area contributed by atoms with Crippen LogP contribution in [-0.4, -0.2) is 0 Å². The molecule has 1 aromatic rings. The van der Waals surface area contributed by atoms with Crippen LogP contribution in [0.5, 0.6) is 0 Å². The molecule has 0 heterocycles. The van der Waals surface area contributed by atoms with Gasteiger partial charge in [0, 0.05) is 0 Å². The molecule has 0 bridgehead atoms. The Morgan fingerprint density at radius 3 is 2.44 bits per heavy atom. The van der Waals surface area contributed by atoms with Crippen LogP contribution >= 0.6 is 0 Å². The molecule has 16 heavy (non-hydrogen) atoms. The van der Waals surface area contributed by atoms with Gasteiger partial charge in [-0.25, -0.2) is 0 Å². The van der Waals surface area contributed by atoms with E-state index in [1.165, 1.54) is 23.1 Å². The third kappa shape index (κ3) is 3.52. The van der Waals surface area contributed by atoms with Crippen molar-refractivity contribution >= 4 is 0 Å². The van der Waals surface area contributed by atoms with Gasteiger partial charge in [-0.15, -0.1) is 0 Å². The first kappa shape index (κ1) is 13.0. The fourth-order valence-corrected chi connectivity index (χ4v) is 2.18. The Balaban J connectivity index is 2.90. The van der Waals surface area contributed by atoms with Crippen LogP contribution < -0.4 is 0 Å². The second-order valence-electron chi connectivity index (χ2n) is 4.52. The highest BCUT2D eigenvalue weighted by molar-refractivity contribution is 5.32. The fourth-order valence-electron chi connectivity index (χ4n) is 2.18. The number of rotatable bonds is 5. The highest BCUT2D eigenvalue weighted by Crippen LogP contribution is 2.18. The highest BCUT2D eigenvalue weighted by Gasteiger charge is 2.05. The summed E-state index contributed by atoms with van der Waals surface area (Å²) in [7, 11) is 0. The molecule has 0 radical (unpaired) electrons. The van der Waals surface area contributed by atoms with E-state index < -0.39 is 0 Å². The summed E-state index contributed by atoms with van der Waals surface area (Å²) in [5.74, 6) is 0.641. The molecule has 0 nitrogen and oxygen atoms in total. The summed E-state index contributed by atoms with van der Waals surface area (Å²) in [6.45, 7) is 8.85. The van der Waals surface area contributed by atoms with Crippen molar-refractivity contribution in [3.8, 4) is 0 Å². The molecule has 0 saturated carbocycles. The summed E-state index contributed by atoms with van der Waals surface area (Å²) < 4.78 is 0. The van der Waals surface area contributed by atoms with E-state index in [9.17, 15) is 0 Å². The van der Waals surface area contributed by atoms with E-state index in [2.05, 4.69) is 58.0 Å². The van der Waals surface area contributed by atoms with Crippen molar-refractivity contribution in [3.63, 3.8) is 0 Å². The topological polar surface area (TPSA) is 0 Å². The van der Waals surface area contributed by atoms with Crippen molar-refractivity contribution in [2.75, 3.05) is 0 Å². The van der Waals surface area contributed by atoms with Crippen molar-refractivity contribution in [3.05, 3.63) is 47.0 Å². The van der Waals surface area contributed by atoms with Gasteiger partial charge >= 0.3 is 0 Å². The zero-order valence-corrected chi connectivity index (χ0v) is 11.1. The van der Waals surface area contributed by atoms with Gasteiger partial charge in [0.15, 0.2) is 0 Å². The predicted octanol–water partition coefficient (Wildman–Crippen LogP) is 4.57. The SMILES string of the molecule is C/C=C\C(C)Cc1cc(CC)ccc1CC. The Hall–Kier alpha value is -1.04. The summed E-state index contributed by atoms with van der Waals surface area (Å²) in [4.78, 5) is 0. The second-order valence-corrected chi connectivity index (χ2v) is 4.52. The van der Waals surface area contributed by atoms with Gasteiger partial charge in [-0.1, -0.05) is 51.1 Å². The van der Waals surface area contributed by atoms with Gasteiger partial charge in [0.05, 0.1) is 0 Å². The standard InChI is InChI=1S/C16H24/c1-5-8-13(4)11-16-12-14(6-2)9-10-15(16)7-3/h5,8-10,12-13H,6-7,11H2,1-4H3/b8-5-. The Kier molecular flexibility index (Phi) is 5.31. The summed E-state index contributed by atoms with van der Waals surface area (Å²) in [5.41, 5.74) is 4.50. The van der Waals surface area contributed by atoms with E-state index >= 15 is 0 Å². The van der Waals surface area contributed by atoms with Crippen LogP contribution in [0.1, 0.15) is 44.4 Å². The molecule has 0 aliphatic heterocycles. The third-order valence-corrected chi connectivity index (χ3v) is 3.12. The molecule has 0 aromatic heterocycles. The Labute approximate surface area is 100 Å². The molecular formula is C16H24. The Bertz CT molecular complexity index is 347. The highest BCUT2D eigenvalue weighted by atomic mass is 14.1. The molecule has 0 spiro atoms. The number of benzene rings is 1. The summed E-state index contributed by atoms with van der Waals surface area (Å²) in [5, 5.41) is 0. The first-order valence-corrected chi connectivity index (χ1v) is 6.44. The molecule has 1 aromatic carbocycles. The molecular weight excluding hydrogens is 192 g/mol. The van der Waals surface area contributed by atoms with Crippen molar-refractivity contribution in [2.45, 2.75) is 47.0 Å². The monoisotopic (exact) mass is 216 g/mol. The molecule has 88 valence electrons. The van der Waals surface area contributed by atoms with Crippen LogP contribution in [0, 0.1) is 5.92 Å². The van der Waals surface area contributed by atoms with Gasteiger partial charge in [0.1, 0.15) is 0 Å². The number of aryl methyl sites for hydroxylation is 2. The van der Waals surface area contributed by atoms with Crippen molar-refractivity contribution < 1.29 is 0 Å². The summed E-state index contributed by atoms with van der Waals surface area (Å²) in [6.07, 6.45) is 7.89. The van der Waals surface area contributed by atoms with E-state index in [1.807, 2.05) is 0 Å². The maximum Gasteiger partial charge on any atom is -0.0215 e. The van der Waals surface area contributed by atoms with Gasteiger partial charge in [0.25, 0.3) is 0 Å². The lowest BCUT2D eigenvalue weighted by atomic mass is 9.93. The Morgan fingerprint density at radius 1 is 1.12 bits per heavy atom. The van der Waals surface area contributed by atoms with E-state index in [0.717, 1.165) is 12.8 Å². The normalized spacial score (nSPS) is 13.2. The summed E-state index contributed by atoms with van der Waals surface area (Å²) >= 11 is 0. The molecule has 1 unspecified atom stereocenters. The molecule has 0 aliphatic carbocycles. The van der Waals surface area contributed by atoms with Crippen LogP contribution in [-0.2, 0) is 19.3 Å². The minimum absolute atomic E-state index is 0.641. The largest absolute Gasteiger partial charge is 0.0914 e. The number of hydrogen-bond acceptors (Lipinski definition) is 0. The molecule has 0 fully saturated rings. The van der Waals surface area contributed by atoms with Crippen LogP contribution in [0.3, 0.4) is 0 Å². The lowest BCUT2D eigenvalue weighted by Gasteiger charge is -2.12. The minimum Gasteiger partial charge on any atom is -0.0914 e. The number of allylic oxidation sites excluding steroid dienone is 2.